The van der Waals surface area contributed by atoms with Crippen LogP contribution < -0.4 is 9.47 Å². The highest BCUT2D eigenvalue weighted by Gasteiger charge is 2.35. The monoisotopic (exact) mass is 587 g/mol. The average Bonchev–Trinajstić information content (AvgIpc) is 3.17. The van der Waals surface area contributed by atoms with Gasteiger partial charge in [-0.2, -0.15) is 0 Å². The van der Waals surface area contributed by atoms with E-state index in [1.54, 1.807) is 6.08 Å². The minimum Gasteiger partial charge on any atom is -0.491 e. The summed E-state index contributed by atoms with van der Waals surface area (Å²) >= 11 is 4.44. The van der Waals surface area contributed by atoms with E-state index in [-0.39, 0.29) is 24.3 Å². The first-order valence-corrected chi connectivity index (χ1v) is 13.8. The molecule has 0 bridgehead atoms. The zero-order valence-electron chi connectivity index (χ0n) is 21.1. The maximum atomic E-state index is 13.1. The Bertz CT molecular complexity index is 1560. The summed E-state index contributed by atoms with van der Waals surface area (Å²) in [7, 11) is 0. The van der Waals surface area contributed by atoms with Crippen LogP contribution in [0, 0.1) is 13.8 Å². The molecule has 4 aromatic rings. The van der Waals surface area contributed by atoms with Crippen molar-refractivity contribution in [3.63, 3.8) is 0 Å². The number of nitrogens with zero attached hydrogens (tertiary/aromatic N) is 1. The van der Waals surface area contributed by atoms with Crippen LogP contribution >= 0.6 is 27.7 Å². The van der Waals surface area contributed by atoms with Crippen molar-refractivity contribution >= 4 is 55.7 Å². The van der Waals surface area contributed by atoms with Gasteiger partial charge >= 0.3 is 0 Å². The molecule has 0 aliphatic carbocycles. The lowest BCUT2D eigenvalue weighted by molar-refractivity contribution is -0.123. The Hall–Kier alpha value is -3.55. The van der Waals surface area contributed by atoms with Gasteiger partial charge in [-0.05, 0) is 83.4 Å². The standard InChI is InChI=1S/C31H26BrNO4S/c1-20-10-11-21(2)28(16-20)36-15-14-33-30(34)29(38-31(33)35)18-24-17-25(32)12-13-27(24)37-19-23-8-5-7-22-6-3-4-9-26(22)23/h3-13,16-18H,14-15,19H2,1-2H3/b29-18-. The van der Waals surface area contributed by atoms with Crippen molar-refractivity contribution in [2.24, 2.45) is 0 Å². The fourth-order valence-corrected chi connectivity index (χ4v) is 5.52. The molecule has 0 N–H and O–H groups in total. The van der Waals surface area contributed by atoms with E-state index in [0.717, 1.165) is 55.0 Å². The second-order valence-corrected chi connectivity index (χ2v) is 11.0. The summed E-state index contributed by atoms with van der Waals surface area (Å²) in [6.07, 6.45) is 1.72. The smallest absolute Gasteiger partial charge is 0.293 e. The number of carbonyl (C=O) groups excluding carboxylic acids is 2. The van der Waals surface area contributed by atoms with Gasteiger partial charge in [0.1, 0.15) is 24.7 Å². The second kappa shape index (κ2) is 11.5. The lowest BCUT2D eigenvalue weighted by Crippen LogP contribution is -2.32. The lowest BCUT2D eigenvalue weighted by atomic mass is 10.1. The van der Waals surface area contributed by atoms with Gasteiger partial charge in [-0.1, -0.05) is 70.5 Å². The molecule has 0 saturated carbocycles. The van der Waals surface area contributed by atoms with Gasteiger partial charge in [-0.15, -0.1) is 0 Å². The summed E-state index contributed by atoms with van der Waals surface area (Å²) in [5.74, 6) is 1.06. The number of rotatable bonds is 8. The summed E-state index contributed by atoms with van der Waals surface area (Å²) in [5.41, 5.74) is 3.89. The summed E-state index contributed by atoms with van der Waals surface area (Å²) in [4.78, 5) is 27.4. The number of hydrogen-bond donors (Lipinski definition) is 0. The third-order valence-electron chi connectivity index (χ3n) is 6.31. The Balaban J connectivity index is 1.30. The number of halogens is 1. The first-order chi connectivity index (χ1) is 18.4. The van der Waals surface area contributed by atoms with Crippen molar-refractivity contribution in [3.05, 3.63) is 110 Å². The van der Waals surface area contributed by atoms with Crippen molar-refractivity contribution in [2.45, 2.75) is 20.5 Å². The molecule has 2 amide bonds. The molecule has 192 valence electrons. The molecule has 0 atom stereocenters. The van der Waals surface area contributed by atoms with Crippen LogP contribution in [-0.4, -0.2) is 29.2 Å². The van der Waals surface area contributed by atoms with Crippen LogP contribution in [0.2, 0.25) is 0 Å². The maximum Gasteiger partial charge on any atom is 0.293 e. The maximum absolute atomic E-state index is 13.1. The van der Waals surface area contributed by atoms with Crippen molar-refractivity contribution in [3.8, 4) is 11.5 Å². The molecule has 0 spiro atoms. The first-order valence-electron chi connectivity index (χ1n) is 12.2. The van der Waals surface area contributed by atoms with Crippen LogP contribution in [0.1, 0.15) is 22.3 Å². The molecule has 1 fully saturated rings. The summed E-state index contributed by atoms with van der Waals surface area (Å²) in [6.45, 7) is 4.75. The molecule has 7 heteroatoms. The van der Waals surface area contributed by atoms with Gasteiger partial charge in [0.25, 0.3) is 11.1 Å². The summed E-state index contributed by atoms with van der Waals surface area (Å²) in [6, 6.07) is 25.9. The molecule has 0 radical (unpaired) electrons. The highest BCUT2D eigenvalue weighted by Crippen LogP contribution is 2.35. The Morgan fingerprint density at radius 3 is 2.58 bits per heavy atom. The molecule has 5 rings (SSSR count). The van der Waals surface area contributed by atoms with Crippen molar-refractivity contribution in [2.75, 3.05) is 13.2 Å². The average molecular weight is 589 g/mol. The number of thioether (sulfide) groups is 1. The molecule has 1 saturated heterocycles. The fourth-order valence-electron chi connectivity index (χ4n) is 4.28. The van der Waals surface area contributed by atoms with Crippen LogP contribution in [0.15, 0.2) is 88.2 Å². The van der Waals surface area contributed by atoms with Gasteiger partial charge < -0.3 is 9.47 Å². The SMILES string of the molecule is Cc1ccc(C)c(OCCN2C(=O)S/C(=C\c3cc(Br)ccc3OCc3cccc4ccccc34)C2=O)c1. The molecule has 4 aromatic carbocycles. The fraction of sp³-hybridized carbons (Fsp3) is 0.161. The molecule has 1 aliphatic rings. The zero-order valence-corrected chi connectivity index (χ0v) is 23.5. The second-order valence-electron chi connectivity index (χ2n) is 9.06. The van der Waals surface area contributed by atoms with E-state index in [2.05, 4.69) is 34.1 Å². The van der Waals surface area contributed by atoms with Gasteiger partial charge in [-0.25, -0.2) is 0 Å². The predicted octanol–water partition coefficient (Wildman–Crippen LogP) is 7.91. The van der Waals surface area contributed by atoms with Crippen LogP contribution in [-0.2, 0) is 11.4 Å². The first kappa shape index (κ1) is 26.1. The van der Waals surface area contributed by atoms with Crippen LogP contribution in [0.5, 0.6) is 11.5 Å². The highest BCUT2D eigenvalue weighted by molar-refractivity contribution is 9.10. The van der Waals surface area contributed by atoms with Crippen molar-refractivity contribution in [1.29, 1.82) is 0 Å². The number of imide groups is 1. The number of benzene rings is 4. The van der Waals surface area contributed by atoms with Crippen molar-refractivity contribution in [1.82, 2.24) is 4.90 Å². The van der Waals surface area contributed by atoms with Crippen LogP contribution in [0.3, 0.4) is 0 Å². The molecule has 1 aliphatic heterocycles. The number of ether oxygens (including phenoxy) is 2. The number of fused-ring (bicyclic) bond motifs is 1. The van der Waals surface area contributed by atoms with E-state index in [1.165, 1.54) is 4.90 Å². The normalized spacial score (nSPS) is 14.5. The van der Waals surface area contributed by atoms with Gasteiger partial charge in [0, 0.05) is 10.0 Å². The van der Waals surface area contributed by atoms with Crippen LogP contribution in [0.25, 0.3) is 16.8 Å². The van der Waals surface area contributed by atoms with Gasteiger partial charge in [-0.3, -0.25) is 14.5 Å². The Morgan fingerprint density at radius 1 is 0.895 bits per heavy atom. The molecular weight excluding hydrogens is 562 g/mol. The third kappa shape index (κ3) is 5.79. The van der Waals surface area contributed by atoms with E-state index >= 15 is 0 Å². The number of carbonyl (C=O) groups is 2. The van der Waals surface area contributed by atoms with Gasteiger partial charge in [0.05, 0.1) is 11.4 Å². The lowest BCUT2D eigenvalue weighted by Gasteiger charge is -2.15. The zero-order chi connectivity index (χ0) is 26.6. The molecule has 5 nitrogen and oxygen atoms in total. The topological polar surface area (TPSA) is 55.8 Å². The molecule has 0 aromatic heterocycles. The summed E-state index contributed by atoms with van der Waals surface area (Å²) in [5, 5.41) is 1.98. The Morgan fingerprint density at radius 2 is 1.71 bits per heavy atom. The van der Waals surface area contributed by atoms with E-state index in [9.17, 15) is 9.59 Å². The van der Waals surface area contributed by atoms with E-state index in [1.807, 2.05) is 74.5 Å². The molecular formula is C31H26BrNO4S. The van der Waals surface area contributed by atoms with E-state index in [0.29, 0.717) is 17.3 Å². The Kier molecular flexibility index (Phi) is 7.86. The number of aryl methyl sites for hydroxylation is 2. The predicted molar refractivity (Wildman–Crippen MR) is 157 cm³/mol. The molecule has 0 unspecified atom stereocenters. The summed E-state index contributed by atoms with van der Waals surface area (Å²) < 4.78 is 12.9. The molecule has 38 heavy (non-hydrogen) atoms. The Labute approximate surface area is 234 Å². The number of hydrogen-bond acceptors (Lipinski definition) is 5. The largest absolute Gasteiger partial charge is 0.491 e. The third-order valence-corrected chi connectivity index (χ3v) is 7.71. The van der Waals surface area contributed by atoms with Crippen LogP contribution in [0.4, 0.5) is 4.79 Å². The quantitative estimate of drug-likeness (QED) is 0.196. The van der Waals surface area contributed by atoms with Gasteiger partial charge in [0.2, 0.25) is 0 Å². The molecule has 1 heterocycles. The highest BCUT2D eigenvalue weighted by atomic mass is 79.9. The number of amides is 2. The van der Waals surface area contributed by atoms with Gasteiger partial charge in [0.15, 0.2) is 0 Å². The van der Waals surface area contributed by atoms with Crippen molar-refractivity contribution < 1.29 is 19.1 Å². The minimum atomic E-state index is -0.329. The minimum absolute atomic E-state index is 0.179. The van der Waals surface area contributed by atoms with E-state index < -0.39 is 0 Å². The van der Waals surface area contributed by atoms with E-state index in [4.69, 9.17) is 9.47 Å².